The number of alkyl halides is 1. The van der Waals surface area contributed by atoms with Gasteiger partial charge in [-0.1, -0.05) is 15.9 Å². The Morgan fingerprint density at radius 2 is 2.40 bits per heavy atom. The van der Waals surface area contributed by atoms with E-state index >= 15 is 0 Å². The van der Waals surface area contributed by atoms with E-state index in [0.717, 1.165) is 17.5 Å². The summed E-state index contributed by atoms with van der Waals surface area (Å²) in [6, 6.07) is 1.97. The van der Waals surface area contributed by atoms with Crippen LogP contribution in [0, 0.1) is 11.3 Å². The van der Waals surface area contributed by atoms with Crippen molar-refractivity contribution < 1.29 is 0 Å². The SMILES string of the molecule is N#CC1=NN=C(CCBr)C1. The second-order valence-corrected chi connectivity index (χ2v) is 2.73. The summed E-state index contributed by atoms with van der Waals surface area (Å²) in [6.07, 6.45) is 1.52. The van der Waals surface area contributed by atoms with Crippen LogP contribution in [0.1, 0.15) is 12.8 Å². The standard InChI is InChI=1S/C6H6BrN3/c7-2-1-5-3-6(4-8)10-9-5/h1-3H2. The minimum absolute atomic E-state index is 0.524. The average molecular weight is 200 g/mol. The average Bonchev–Trinajstić information content (AvgIpc) is 2.37. The normalized spacial score (nSPS) is 16.0. The Bertz CT molecular complexity index is 224. The first kappa shape index (κ1) is 7.42. The minimum Gasteiger partial charge on any atom is -0.191 e. The van der Waals surface area contributed by atoms with Gasteiger partial charge in [0.1, 0.15) is 11.8 Å². The van der Waals surface area contributed by atoms with Crippen LogP contribution in [0.3, 0.4) is 0 Å². The first-order valence-electron chi connectivity index (χ1n) is 2.95. The summed E-state index contributed by atoms with van der Waals surface area (Å²) in [4.78, 5) is 0. The summed E-state index contributed by atoms with van der Waals surface area (Å²) >= 11 is 3.29. The zero-order valence-corrected chi connectivity index (χ0v) is 6.93. The Labute approximate surface area is 67.6 Å². The van der Waals surface area contributed by atoms with Gasteiger partial charge in [0, 0.05) is 17.5 Å². The van der Waals surface area contributed by atoms with Gasteiger partial charge in [-0.15, -0.1) is 5.10 Å². The molecule has 0 aliphatic carbocycles. The van der Waals surface area contributed by atoms with Crippen molar-refractivity contribution in [3.05, 3.63) is 0 Å². The van der Waals surface area contributed by atoms with Crippen molar-refractivity contribution in [1.82, 2.24) is 0 Å². The van der Waals surface area contributed by atoms with Crippen LogP contribution in [-0.2, 0) is 0 Å². The molecule has 0 amide bonds. The molecule has 0 radical (unpaired) electrons. The van der Waals surface area contributed by atoms with E-state index in [1.807, 2.05) is 6.07 Å². The fourth-order valence-electron chi connectivity index (χ4n) is 0.704. The molecule has 0 aromatic heterocycles. The molecule has 10 heavy (non-hydrogen) atoms. The molecular formula is C6H6BrN3. The van der Waals surface area contributed by atoms with Crippen LogP contribution in [0.25, 0.3) is 0 Å². The van der Waals surface area contributed by atoms with E-state index in [1.165, 1.54) is 0 Å². The number of nitrogens with zero attached hydrogens (tertiary/aromatic N) is 3. The topological polar surface area (TPSA) is 48.5 Å². The molecule has 0 aromatic carbocycles. The van der Waals surface area contributed by atoms with Crippen molar-refractivity contribution in [2.75, 3.05) is 5.33 Å². The molecule has 1 rings (SSSR count). The number of hydrogen-bond acceptors (Lipinski definition) is 3. The summed E-state index contributed by atoms with van der Waals surface area (Å²) in [5.74, 6) is 0. The van der Waals surface area contributed by atoms with Gasteiger partial charge in [-0.05, 0) is 6.42 Å². The smallest absolute Gasteiger partial charge is 0.145 e. The summed E-state index contributed by atoms with van der Waals surface area (Å²) < 4.78 is 0. The number of nitriles is 1. The van der Waals surface area contributed by atoms with E-state index in [1.54, 1.807) is 0 Å². The molecule has 52 valence electrons. The molecule has 0 fully saturated rings. The monoisotopic (exact) mass is 199 g/mol. The zero-order chi connectivity index (χ0) is 7.40. The maximum Gasteiger partial charge on any atom is 0.145 e. The van der Waals surface area contributed by atoms with Crippen molar-refractivity contribution in [1.29, 1.82) is 5.26 Å². The van der Waals surface area contributed by atoms with Gasteiger partial charge in [-0.3, -0.25) is 0 Å². The third kappa shape index (κ3) is 1.64. The van der Waals surface area contributed by atoms with Gasteiger partial charge in [0.25, 0.3) is 0 Å². The minimum atomic E-state index is 0.524. The third-order valence-corrected chi connectivity index (χ3v) is 1.59. The van der Waals surface area contributed by atoms with Gasteiger partial charge < -0.3 is 0 Å². The van der Waals surface area contributed by atoms with Crippen molar-refractivity contribution in [2.24, 2.45) is 10.2 Å². The highest BCUT2D eigenvalue weighted by atomic mass is 79.9. The first-order chi connectivity index (χ1) is 4.86. The highest BCUT2D eigenvalue weighted by molar-refractivity contribution is 9.09. The molecule has 0 bridgehead atoms. The molecule has 0 spiro atoms. The quantitative estimate of drug-likeness (QED) is 0.623. The Balaban J connectivity index is 2.42. The lowest BCUT2D eigenvalue weighted by molar-refractivity contribution is 1.21. The van der Waals surface area contributed by atoms with Gasteiger partial charge in [0.15, 0.2) is 0 Å². The molecule has 3 nitrogen and oxygen atoms in total. The highest BCUT2D eigenvalue weighted by Gasteiger charge is 2.09. The fourth-order valence-corrected chi connectivity index (χ4v) is 1.16. The van der Waals surface area contributed by atoms with Crippen molar-refractivity contribution in [2.45, 2.75) is 12.8 Å². The maximum atomic E-state index is 8.39. The van der Waals surface area contributed by atoms with Crippen LogP contribution < -0.4 is 0 Å². The summed E-state index contributed by atoms with van der Waals surface area (Å²) in [7, 11) is 0. The van der Waals surface area contributed by atoms with Crippen molar-refractivity contribution in [3.63, 3.8) is 0 Å². The lowest BCUT2D eigenvalue weighted by Gasteiger charge is -1.90. The lowest BCUT2D eigenvalue weighted by Crippen LogP contribution is -2.00. The molecule has 0 aromatic rings. The first-order valence-corrected chi connectivity index (χ1v) is 4.07. The van der Waals surface area contributed by atoms with Crippen LogP contribution in [0.4, 0.5) is 0 Å². The molecule has 1 aliphatic heterocycles. The second kappa shape index (κ2) is 3.47. The van der Waals surface area contributed by atoms with E-state index in [9.17, 15) is 0 Å². The molecule has 1 aliphatic rings. The lowest BCUT2D eigenvalue weighted by atomic mass is 10.2. The zero-order valence-electron chi connectivity index (χ0n) is 5.34. The van der Waals surface area contributed by atoms with Gasteiger partial charge in [0.05, 0.1) is 0 Å². The van der Waals surface area contributed by atoms with Crippen LogP contribution in [-0.4, -0.2) is 16.8 Å². The van der Waals surface area contributed by atoms with E-state index < -0.39 is 0 Å². The number of hydrogen-bond donors (Lipinski definition) is 0. The van der Waals surface area contributed by atoms with Crippen LogP contribution in [0.2, 0.25) is 0 Å². The maximum absolute atomic E-state index is 8.39. The molecular weight excluding hydrogens is 194 g/mol. The molecule has 0 N–H and O–H groups in total. The third-order valence-electron chi connectivity index (χ3n) is 1.20. The Morgan fingerprint density at radius 1 is 1.60 bits per heavy atom. The predicted molar refractivity (Wildman–Crippen MR) is 43.5 cm³/mol. The van der Waals surface area contributed by atoms with Crippen LogP contribution >= 0.6 is 15.9 Å². The van der Waals surface area contributed by atoms with Crippen LogP contribution in [0.5, 0.6) is 0 Å². The summed E-state index contributed by atoms with van der Waals surface area (Å²) in [6.45, 7) is 0. The van der Waals surface area contributed by atoms with E-state index in [2.05, 4.69) is 26.1 Å². The van der Waals surface area contributed by atoms with E-state index in [0.29, 0.717) is 12.1 Å². The number of rotatable bonds is 2. The molecule has 0 unspecified atom stereocenters. The Morgan fingerprint density at radius 3 is 2.90 bits per heavy atom. The molecule has 0 atom stereocenters. The Kier molecular flexibility index (Phi) is 2.57. The largest absolute Gasteiger partial charge is 0.191 e. The molecule has 0 saturated heterocycles. The second-order valence-electron chi connectivity index (χ2n) is 1.94. The molecule has 1 heterocycles. The van der Waals surface area contributed by atoms with Gasteiger partial charge in [-0.25, -0.2) is 0 Å². The molecule has 0 saturated carbocycles. The van der Waals surface area contributed by atoms with Crippen LogP contribution in [0.15, 0.2) is 10.2 Å². The van der Waals surface area contributed by atoms with Gasteiger partial charge >= 0.3 is 0 Å². The highest BCUT2D eigenvalue weighted by Crippen LogP contribution is 2.05. The van der Waals surface area contributed by atoms with Crippen molar-refractivity contribution >= 4 is 27.4 Å². The van der Waals surface area contributed by atoms with E-state index in [-0.39, 0.29) is 0 Å². The fraction of sp³-hybridized carbons (Fsp3) is 0.500. The van der Waals surface area contributed by atoms with Gasteiger partial charge in [0.2, 0.25) is 0 Å². The summed E-state index contributed by atoms with van der Waals surface area (Å²) in [5.41, 5.74) is 1.52. The Hall–Kier alpha value is -0.690. The predicted octanol–water partition coefficient (Wildman–Crippen LogP) is 1.50. The molecule has 4 heteroatoms. The van der Waals surface area contributed by atoms with E-state index in [4.69, 9.17) is 5.26 Å². The summed E-state index contributed by atoms with van der Waals surface area (Å²) in [5, 5.41) is 16.8. The number of halogens is 1. The van der Waals surface area contributed by atoms with Crippen molar-refractivity contribution in [3.8, 4) is 6.07 Å². The van der Waals surface area contributed by atoms with Gasteiger partial charge in [-0.2, -0.15) is 10.4 Å².